The van der Waals surface area contributed by atoms with Crippen LogP contribution >= 0.6 is 0 Å². The van der Waals surface area contributed by atoms with Crippen molar-refractivity contribution in [2.75, 3.05) is 13.7 Å². The summed E-state index contributed by atoms with van der Waals surface area (Å²) >= 11 is 0. The Morgan fingerprint density at radius 3 is 2.33 bits per heavy atom. The average molecular weight is 215 g/mol. The molecular formula is C13H29NO. The van der Waals surface area contributed by atoms with Gasteiger partial charge in [-0.15, -0.1) is 0 Å². The van der Waals surface area contributed by atoms with E-state index < -0.39 is 0 Å². The molecule has 0 radical (unpaired) electrons. The predicted molar refractivity (Wildman–Crippen MR) is 67.0 cm³/mol. The van der Waals surface area contributed by atoms with E-state index in [-0.39, 0.29) is 0 Å². The summed E-state index contributed by atoms with van der Waals surface area (Å²) in [4.78, 5) is 0. The first-order chi connectivity index (χ1) is 7.21. The van der Waals surface area contributed by atoms with Crippen LogP contribution < -0.4 is 5.32 Å². The first-order valence-corrected chi connectivity index (χ1v) is 6.49. The zero-order valence-electron chi connectivity index (χ0n) is 10.9. The highest BCUT2D eigenvalue weighted by atomic mass is 16.2. The van der Waals surface area contributed by atoms with Crippen LogP contribution in [0.3, 0.4) is 0 Å². The Balaban J connectivity index is 0.000000423. The summed E-state index contributed by atoms with van der Waals surface area (Å²) < 4.78 is 0. The standard InChI is InChI=1S/C10H21N.C3H8O/c1-4-8(2)9-6-5-7-10(9)11-3;1-2-3-4/h8-11H,4-7H2,1-3H3;4H,2-3H2,1H3. The largest absolute Gasteiger partial charge is 0.396 e. The number of aliphatic hydroxyl groups excluding tert-OH is 1. The lowest BCUT2D eigenvalue weighted by atomic mass is 9.88. The molecular weight excluding hydrogens is 186 g/mol. The van der Waals surface area contributed by atoms with Crippen molar-refractivity contribution in [1.29, 1.82) is 0 Å². The molecule has 3 atom stereocenters. The Kier molecular flexibility index (Phi) is 9.12. The predicted octanol–water partition coefficient (Wildman–Crippen LogP) is 2.81. The van der Waals surface area contributed by atoms with Gasteiger partial charge in [0, 0.05) is 12.6 Å². The average Bonchev–Trinajstić information content (AvgIpc) is 2.76. The van der Waals surface area contributed by atoms with Crippen LogP contribution in [0, 0.1) is 11.8 Å². The third-order valence-corrected chi connectivity index (χ3v) is 3.54. The van der Waals surface area contributed by atoms with Crippen molar-refractivity contribution in [2.45, 2.75) is 58.9 Å². The van der Waals surface area contributed by atoms with Crippen molar-refractivity contribution in [1.82, 2.24) is 5.32 Å². The molecule has 0 bridgehead atoms. The molecule has 1 fully saturated rings. The molecule has 0 aromatic heterocycles. The van der Waals surface area contributed by atoms with Crippen LogP contribution in [0.2, 0.25) is 0 Å². The highest BCUT2D eigenvalue weighted by Gasteiger charge is 2.28. The van der Waals surface area contributed by atoms with Gasteiger partial charge in [-0.3, -0.25) is 0 Å². The number of hydrogen-bond donors (Lipinski definition) is 2. The van der Waals surface area contributed by atoms with Crippen LogP contribution in [0.15, 0.2) is 0 Å². The second-order valence-electron chi connectivity index (χ2n) is 4.60. The maximum absolute atomic E-state index is 7.88. The Hall–Kier alpha value is -0.0800. The maximum atomic E-state index is 7.88. The summed E-state index contributed by atoms with van der Waals surface area (Å²) in [6.07, 6.45) is 6.48. The molecule has 0 aromatic carbocycles. The minimum absolute atomic E-state index is 0.319. The number of nitrogens with one attached hydrogen (secondary N) is 1. The van der Waals surface area contributed by atoms with Gasteiger partial charge in [-0.25, -0.2) is 0 Å². The number of rotatable bonds is 4. The summed E-state index contributed by atoms with van der Waals surface area (Å²) in [6.45, 7) is 6.94. The number of hydrogen-bond acceptors (Lipinski definition) is 2. The molecule has 0 spiro atoms. The van der Waals surface area contributed by atoms with Gasteiger partial charge in [0.05, 0.1) is 0 Å². The zero-order valence-corrected chi connectivity index (χ0v) is 10.9. The van der Waals surface area contributed by atoms with Crippen molar-refractivity contribution < 1.29 is 5.11 Å². The molecule has 92 valence electrons. The Labute approximate surface area is 95.5 Å². The third kappa shape index (κ3) is 5.53. The van der Waals surface area contributed by atoms with Crippen LogP contribution in [0.4, 0.5) is 0 Å². The van der Waals surface area contributed by atoms with Crippen molar-refractivity contribution in [2.24, 2.45) is 11.8 Å². The Bertz CT molecular complexity index is 136. The smallest absolute Gasteiger partial charge is 0.0428 e. The summed E-state index contributed by atoms with van der Waals surface area (Å²) in [5, 5.41) is 11.3. The van der Waals surface area contributed by atoms with Gasteiger partial charge in [-0.1, -0.05) is 33.6 Å². The van der Waals surface area contributed by atoms with Crippen molar-refractivity contribution in [3.8, 4) is 0 Å². The van der Waals surface area contributed by atoms with E-state index in [0.717, 1.165) is 24.3 Å². The summed E-state index contributed by atoms with van der Waals surface area (Å²) in [7, 11) is 2.10. The van der Waals surface area contributed by atoms with E-state index >= 15 is 0 Å². The molecule has 2 N–H and O–H groups in total. The Morgan fingerprint density at radius 2 is 1.93 bits per heavy atom. The molecule has 1 aliphatic carbocycles. The van der Waals surface area contributed by atoms with Crippen LogP contribution in [-0.4, -0.2) is 24.8 Å². The first kappa shape index (κ1) is 14.9. The minimum Gasteiger partial charge on any atom is -0.396 e. The highest BCUT2D eigenvalue weighted by molar-refractivity contribution is 4.84. The number of aliphatic hydroxyl groups is 1. The Morgan fingerprint density at radius 1 is 1.33 bits per heavy atom. The molecule has 0 aromatic rings. The molecule has 1 aliphatic rings. The lowest BCUT2D eigenvalue weighted by molar-refractivity contribution is 0.295. The molecule has 2 heteroatoms. The SMILES string of the molecule is CCC(C)C1CCCC1NC.CCCO. The van der Waals surface area contributed by atoms with Gasteiger partial charge in [0.25, 0.3) is 0 Å². The summed E-state index contributed by atoms with van der Waals surface area (Å²) in [6, 6.07) is 0.810. The van der Waals surface area contributed by atoms with E-state index in [1.807, 2.05) is 6.92 Å². The topological polar surface area (TPSA) is 32.3 Å². The van der Waals surface area contributed by atoms with Crippen molar-refractivity contribution >= 4 is 0 Å². The van der Waals surface area contributed by atoms with Crippen LogP contribution in [0.5, 0.6) is 0 Å². The van der Waals surface area contributed by atoms with Crippen LogP contribution in [0.25, 0.3) is 0 Å². The lowest BCUT2D eigenvalue weighted by Gasteiger charge is -2.24. The van der Waals surface area contributed by atoms with Crippen molar-refractivity contribution in [3.05, 3.63) is 0 Å². The molecule has 0 amide bonds. The van der Waals surface area contributed by atoms with Gasteiger partial charge >= 0.3 is 0 Å². The van der Waals surface area contributed by atoms with Gasteiger partial charge in [0.2, 0.25) is 0 Å². The molecule has 3 unspecified atom stereocenters. The van der Waals surface area contributed by atoms with E-state index in [4.69, 9.17) is 5.11 Å². The maximum Gasteiger partial charge on any atom is 0.0428 e. The quantitative estimate of drug-likeness (QED) is 0.756. The molecule has 1 rings (SSSR count). The fourth-order valence-corrected chi connectivity index (χ4v) is 2.33. The molecule has 1 saturated carbocycles. The summed E-state index contributed by atoms with van der Waals surface area (Å²) in [5.41, 5.74) is 0. The van der Waals surface area contributed by atoms with Gasteiger partial charge in [0.1, 0.15) is 0 Å². The van der Waals surface area contributed by atoms with E-state index in [2.05, 4.69) is 26.2 Å². The molecule has 0 saturated heterocycles. The fraction of sp³-hybridized carbons (Fsp3) is 1.00. The molecule has 2 nitrogen and oxygen atoms in total. The van der Waals surface area contributed by atoms with E-state index in [9.17, 15) is 0 Å². The zero-order chi connectivity index (χ0) is 11.7. The highest BCUT2D eigenvalue weighted by Crippen LogP contribution is 2.32. The van der Waals surface area contributed by atoms with Gasteiger partial charge in [0.15, 0.2) is 0 Å². The minimum atomic E-state index is 0.319. The van der Waals surface area contributed by atoms with Crippen molar-refractivity contribution in [3.63, 3.8) is 0 Å². The monoisotopic (exact) mass is 215 g/mol. The van der Waals surface area contributed by atoms with Gasteiger partial charge < -0.3 is 10.4 Å². The molecule has 0 aliphatic heterocycles. The first-order valence-electron chi connectivity index (χ1n) is 6.49. The molecule has 0 heterocycles. The third-order valence-electron chi connectivity index (χ3n) is 3.54. The van der Waals surface area contributed by atoms with Gasteiger partial charge in [-0.05, 0) is 38.1 Å². The van der Waals surface area contributed by atoms with Crippen LogP contribution in [0.1, 0.15) is 52.9 Å². The second kappa shape index (κ2) is 9.17. The lowest BCUT2D eigenvalue weighted by Crippen LogP contribution is -2.32. The molecule has 15 heavy (non-hydrogen) atoms. The fourth-order valence-electron chi connectivity index (χ4n) is 2.33. The second-order valence-corrected chi connectivity index (χ2v) is 4.60. The van der Waals surface area contributed by atoms with E-state index in [1.165, 1.54) is 25.7 Å². The van der Waals surface area contributed by atoms with Gasteiger partial charge in [-0.2, -0.15) is 0 Å². The van der Waals surface area contributed by atoms with E-state index in [0.29, 0.717) is 6.61 Å². The summed E-state index contributed by atoms with van der Waals surface area (Å²) in [5.74, 6) is 1.86. The van der Waals surface area contributed by atoms with E-state index in [1.54, 1.807) is 0 Å². The van der Waals surface area contributed by atoms with Crippen LogP contribution in [-0.2, 0) is 0 Å². The normalized spacial score (nSPS) is 27.0.